The zero-order valence-electron chi connectivity index (χ0n) is 20.7. The number of nitrogens with zero attached hydrogens (tertiary/aromatic N) is 6. The normalized spacial score (nSPS) is 15.4. The molecule has 1 atom stereocenters. The standard InChI is InChI=1S/C26H29F2N7O/c1-5-34-12-18(13-34)25(36)16-6-7-22(29-10-16)32-26-30-11-20(28)23(33-26)17-8-19(27)24-21(9-17)35(14(2)3)15(4)31-24/h6-11,14,18,25,36H,5,12-13H2,1-4H3,(H,29,30,32,33). The van der Waals surface area contributed by atoms with Crippen LogP contribution in [-0.2, 0) is 0 Å². The van der Waals surface area contributed by atoms with Crippen LogP contribution in [0.2, 0.25) is 0 Å². The third-order valence-electron chi connectivity index (χ3n) is 6.71. The number of aromatic nitrogens is 5. The van der Waals surface area contributed by atoms with Crippen molar-refractivity contribution in [2.24, 2.45) is 5.92 Å². The monoisotopic (exact) mass is 493 g/mol. The van der Waals surface area contributed by atoms with Crippen LogP contribution in [0.4, 0.5) is 20.5 Å². The first-order chi connectivity index (χ1) is 17.2. The third-order valence-corrected chi connectivity index (χ3v) is 6.71. The average molecular weight is 494 g/mol. The van der Waals surface area contributed by atoms with E-state index >= 15 is 0 Å². The molecule has 0 saturated carbocycles. The second-order valence-electron chi connectivity index (χ2n) is 9.50. The SMILES string of the molecule is CCN1CC(C(O)c2ccc(Nc3ncc(F)c(-c4cc(F)c5nc(C)n(C(C)C)c5c4)n3)nc2)C1. The summed E-state index contributed by atoms with van der Waals surface area (Å²) in [6.45, 7) is 10.6. The first-order valence-corrected chi connectivity index (χ1v) is 12.1. The zero-order chi connectivity index (χ0) is 25.6. The molecule has 3 aromatic heterocycles. The molecule has 2 N–H and O–H groups in total. The van der Waals surface area contributed by atoms with Crippen molar-refractivity contribution in [3.8, 4) is 11.3 Å². The Morgan fingerprint density at radius 2 is 1.86 bits per heavy atom. The number of halogens is 2. The van der Waals surface area contributed by atoms with Gasteiger partial charge in [-0.1, -0.05) is 13.0 Å². The highest BCUT2D eigenvalue weighted by atomic mass is 19.1. The molecular weight excluding hydrogens is 464 g/mol. The number of fused-ring (bicyclic) bond motifs is 1. The van der Waals surface area contributed by atoms with Gasteiger partial charge in [0.05, 0.1) is 17.8 Å². The van der Waals surface area contributed by atoms with Gasteiger partial charge in [-0.15, -0.1) is 0 Å². The van der Waals surface area contributed by atoms with E-state index in [4.69, 9.17) is 0 Å². The number of benzene rings is 1. The van der Waals surface area contributed by atoms with Crippen LogP contribution in [0.1, 0.15) is 44.3 Å². The van der Waals surface area contributed by atoms with Crippen LogP contribution in [0.5, 0.6) is 0 Å². The Morgan fingerprint density at radius 3 is 2.53 bits per heavy atom. The second kappa shape index (κ2) is 9.51. The minimum atomic E-state index is -0.667. The lowest BCUT2D eigenvalue weighted by molar-refractivity contribution is -0.00230. The number of hydrogen-bond acceptors (Lipinski definition) is 7. The van der Waals surface area contributed by atoms with Gasteiger partial charge in [0, 0.05) is 36.8 Å². The number of nitrogens with one attached hydrogen (secondary N) is 1. The zero-order valence-corrected chi connectivity index (χ0v) is 20.7. The molecule has 1 aliphatic rings. The molecule has 0 radical (unpaired) electrons. The summed E-state index contributed by atoms with van der Waals surface area (Å²) in [4.78, 5) is 19.3. The minimum absolute atomic E-state index is 0.0278. The van der Waals surface area contributed by atoms with Gasteiger partial charge in [0.2, 0.25) is 5.95 Å². The van der Waals surface area contributed by atoms with E-state index in [2.05, 4.69) is 37.1 Å². The number of rotatable bonds is 7. The summed E-state index contributed by atoms with van der Waals surface area (Å²) in [5.41, 5.74) is 1.82. The maximum atomic E-state index is 14.9. The molecule has 1 fully saturated rings. The summed E-state index contributed by atoms with van der Waals surface area (Å²) in [6.07, 6.45) is 2.09. The fraction of sp³-hybridized carbons (Fsp3) is 0.385. The van der Waals surface area contributed by atoms with E-state index in [9.17, 15) is 13.9 Å². The first kappa shape index (κ1) is 24.2. The number of aliphatic hydroxyl groups is 1. The third kappa shape index (κ3) is 4.42. The topological polar surface area (TPSA) is 92.0 Å². The molecule has 0 amide bonds. The van der Waals surface area contributed by atoms with Crippen LogP contribution in [0, 0.1) is 24.5 Å². The van der Waals surface area contributed by atoms with E-state index < -0.39 is 17.7 Å². The molecule has 10 heteroatoms. The molecule has 36 heavy (non-hydrogen) atoms. The first-order valence-electron chi connectivity index (χ1n) is 12.1. The van der Waals surface area contributed by atoms with Crippen LogP contribution in [0.25, 0.3) is 22.3 Å². The summed E-state index contributed by atoms with van der Waals surface area (Å²) >= 11 is 0. The van der Waals surface area contributed by atoms with Gasteiger partial charge in [-0.3, -0.25) is 0 Å². The summed E-state index contributed by atoms with van der Waals surface area (Å²) in [6, 6.07) is 6.51. The van der Waals surface area contributed by atoms with Crippen molar-refractivity contribution in [1.29, 1.82) is 0 Å². The Labute approximate surface area is 208 Å². The predicted molar refractivity (Wildman–Crippen MR) is 134 cm³/mol. The largest absolute Gasteiger partial charge is 0.388 e. The molecule has 5 rings (SSSR count). The van der Waals surface area contributed by atoms with Crippen molar-refractivity contribution < 1.29 is 13.9 Å². The molecule has 4 heterocycles. The summed E-state index contributed by atoms with van der Waals surface area (Å²) in [7, 11) is 0. The quantitative estimate of drug-likeness (QED) is 0.383. The Hall–Kier alpha value is -3.50. The van der Waals surface area contributed by atoms with Crippen molar-refractivity contribution in [3.63, 3.8) is 0 Å². The Bertz CT molecular complexity index is 1400. The van der Waals surface area contributed by atoms with Gasteiger partial charge in [0.25, 0.3) is 0 Å². The smallest absolute Gasteiger partial charge is 0.229 e. The molecular formula is C26H29F2N7O. The molecule has 0 spiro atoms. The van der Waals surface area contributed by atoms with Crippen molar-refractivity contribution in [2.45, 2.75) is 39.8 Å². The van der Waals surface area contributed by atoms with E-state index in [1.807, 2.05) is 25.3 Å². The minimum Gasteiger partial charge on any atom is -0.388 e. The lowest BCUT2D eigenvalue weighted by atomic mass is 9.90. The summed E-state index contributed by atoms with van der Waals surface area (Å²) in [5.74, 6) is 0.242. The number of likely N-dealkylation sites (tertiary alicyclic amines) is 1. The van der Waals surface area contributed by atoms with Crippen LogP contribution in [0.3, 0.4) is 0 Å². The van der Waals surface area contributed by atoms with E-state index in [1.165, 1.54) is 6.07 Å². The number of aryl methyl sites for hydroxylation is 1. The van der Waals surface area contributed by atoms with Crippen molar-refractivity contribution in [2.75, 3.05) is 25.0 Å². The maximum absolute atomic E-state index is 14.9. The number of aliphatic hydroxyl groups excluding tert-OH is 1. The number of imidazole rings is 1. The number of anilines is 2. The highest BCUT2D eigenvalue weighted by Crippen LogP contribution is 2.31. The molecule has 0 bridgehead atoms. The van der Waals surface area contributed by atoms with E-state index in [1.54, 1.807) is 24.4 Å². The van der Waals surface area contributed by atoms with Gasteiger partial charge in [0.1, 0.15) is 22.9 Å². The summed E-state index contributed by atoms with van der Waals surface area (Å²) < 4.78 is 31.6. The van der Waals surface area contributed by atoms with Gasteiger partial charge >= 0.3 is 0 Å². The average Bonchev–Trinajstić information content (AvgIpc) is 3.16. The second-order valence-corrected chi connectivity index (χ2v) is 9.50. The Balaban J connectivity index is 1.40. The van der Waals surface area contributed by atoms with Crippen molar-refractivity contribution >= 4 is 22.8 Å². The Kier molecular flexibility index (Phi) is 6.40. The molecule has 0 aliphatic carbocycles. The fourth-order valence-corrected chi connectivity index (χ4v) is 4.80. The molecule has 8 nitrogen and oxygen atoms in total. The lowest BCUT2D eigenvalue weighted by Gasteiger charge is -2.41. The summed E-state index contributed by atoms with van der Waals surface area (Å²) in [5, 5.41) is 13.6. The Morgan fingerprint density at radius 1 is 1.08 bits per heavy atom. The molecule has 1 unspecified atom stereocenters. The van der Waals surface area contributed by atoms with Gasteiger partial charge in [-0.05, 0) is 51.1 Å². The molecule has 1 aliphatic heterocycles. The van der Waals surface area contributed by atoms with Crippen LogP contribution in [0.15, 0.2) is 36.7 Å². The van der Waals surface area contributed by atoms with Gasteiger partial charge < -0.3 is 19.9 Å². The molecule has 4 aromatic rings. The van der Waals surface area contributed by atoms with E-state index in [0.29, 0.717) is 17.2 Å². The van der Waals surface area contributed by atoms with E-state index in [0.717, 1.165) is 31.4 Å². The van der Waals surface area contributed by atoms with Gasteiger partial charge in [-0.25, -0.2) is 28.7 Å². The fourth-order valence-electron chi connectivity index (χ4n) is 4.80. The number of pyridine rings is 1. The van der Waals surface area contributed by atoms with Crippen LogP contribution < -0.4 is 5.32 Å². The highest BCUT2D eigenvalue weighted by Gasteiger charge is 2.32. The molecule has 188 valence electrons. The number of hydrogen-bond donors (Lipinski definition) is 2. The lowest BCUT2D eigenvalue weighted by Crippen LogP contribution is -2.48. The predicted octanol–water partition coefficient (Wildman–Crippen LogP) is 4.78. The van der Waals surface area contributed by atoms with Crippen LogP contribution in [-0.4, -0.2) is 54.1 Å². The van der Waals surface area contributed by atoms with Crippen molar-refractivity contribution in [3.05, 3.63) is 59.7 Å². The highest BCUT2D eigenvalue weighted by molar-refractivity contribution is 5.83. The van der Waals surface area contributed by atoms with E-state index in [-0.39, 0.29) is 34.7 Å². The van der Waals surface area contributed by atoms with Crippen molar-refractivity contribution in [1.82, 2.24) is 29.4 Å². The van der Waals surface area contributed by atoms with Gasteiger partial charge in [0.15, 0.2) is 11.6 Å². The van der Waals surface area contributed by atoms with Crippen LogP contribution >= 0.6 is 0 Å². The molecule has 1 saturated heterocycles. The van der Waals surface area contributed by atoms with Gasteiger partial charge in [-0.2, -0.15) is 0 Å². The maximum Gasteiger partial charge on any atom is 0.229 e. The molecule has 1 aromatic carbocycles.